The van der Waals surface area contributed by atoms with Gasteiger partial charge in [-0.05, 0) is 37.2 Å². The first-order chi connectivity index (χ1) is 9.72. The lowest BCUT2D eigenvalue weighted by molar-refractivity contribution is 0.144. The maximum Gasteiger partial charge on any atom is 0.146 e. The molecular weight excluding hydrogens is 248 g/mol. The maximum absolute atomic E-state index is 9.24. The number of nitrogens with zero attached hydrogens (tertiary/aromatic N) is 3. The van der Waals surface area contributed by atoms with Crippen LogP contribution in [0, 0.1) is 16.7 Å². The van der Waals surface area contributed by atoms with Crippen molar-refractivity contribution in [2.45, 2.75) is 44.9 Å². The molecule has 1 aromatic heterocycles. The molecule has 1 spiro atoms. The van der Waals surface area contributed by atoms with Crippen molar-refractivity contribution in [1.82, 2.24) is 4.98 Å². The van der Waals surface area contributed by atoms with Gasteiger partial charge in [-0.3, -0.25) is 0 Å². The van der Waals surface area contributed by atoms with E-state index in [0.717, 1.165) is 18.9 Å². The summed E-state index contributed by atoms with van der Waals surface area (Å²) >= 11 is 0. The second kappa shape index (κ2) is 5.32. The number of piperidine rings is 1. The van der Waals surface area contributed by atoms with E-state index in [-0.39, 0.29) is 0 Å². The smallest absolute Gasteiger partial charge is 0.146 e. The highest BCUT2D eigenvalue weighted by atomic mass is 15.2. The minimum Gasteiger partial charge on any atom is -0.397 e. The second-order valence-corrected chi connectivity index (χ2v) is 6.30. The van der Waals surface area contributed by atoms with E-state index >= 15 is 0 Å². The van der Waals surface area contributed by atoms with Gasteiger partial charge in [0.25, 0.3) is 0 Å². The summed E-state index contributed by atoms with van der Waals surface area (Å²) in [4.78, 5) is 6.65. The molecule has 4 nitrogen and oxygen atoms in total. The van der Waals surface area contributed by atoms with Gasteiger partial charge in [-0.15, -0.1) is 0 Å². The molecule has 0 bridgehead atoms. The number of hydrogen-bond acceptors (Lipinski definition) is 4. The van der Waals surface area contributed by atoms with Crippen molar-refractivity contribution in [3.05, 3.63) is 17.8 Å². The molecule has 1 aromatic rings. The first-order valence-electron chi connectivity index (χ1n) is 7.63. The van der Waals surface area contributed by atoms with Crippen molar-refractivity contribution in [2.75, 3.05) is 23.7 Å². The molecule has 2 N–H and O–H groups in total. The van der Waals surface area contributed by atoms with E-state index in [2.05, 4.69) is 16.0 Å². The number of rotatable bonds is 1. The fourth-order valence-electron chi connectivity index (χ4n) is 3.80. The van der Waals surface area contributed by atoms with Crippen molar-refractivity contribution in [3.8, 4) is 6.07 Å². The number of pyridine rings is 1. The quantitative estimate of drug-likeness (QED) is 0.851. The van der Waals surface area contributed by atoms with Gasteiger partial charge < -0.3 is 10.6 Å². The molecule has 1 saturated heterocycles. The number of nitrogens with two attached hydrogens (primary N) is 1. The lowest BCUT2D eigenvalue weighted by Gasteiger charge is -2.44. The molecule has 20 heavy (non-hydrogen) atoms. The molecule has 2 aliphatic rings. The summed E-state index contributed by atoms with van der Waals surface area (Å²) < 4.78 is 0. The fraction of sp³-hybridized carbons (Fsp3) is 0.625. The Bertz CT molecular complexity index is 516. The molecule has 0 unspecified atom stereocenters. The van der Waals surface area contributed by atoms with Crippen LogP contribution >= 0.6 is 0 Å². The average Bonchev–Trinajstić information content (AvgIpc) is 2.49. The van der Waals surface area contributed by atoms with Crippen LogP contribution in [0.4, 0.5) is 11.5 Å². The minimum atomic E-state index is 0.561. The van der Waals surface area contributed by atoms with Gasteiger partial charge in [0, 0.05) is 13.1 Å². The Hall–Kier alpha value is -1.76. The van der Waals surface area contributed by atoms with Crippen molar-refractivity contribution in [2.24, 2.45) is 5.41 Å². The minimum absolute atomic E-state index is 0.561. The molecular formula is C16H22N4. The first-order valence-corrected chi connectivity index (χ1v) is 7.63. The summed E-state index contributed by atoms with van der Waals surface area (Å²) in [5, 5.41) is 9.24. The number of nitriles is 1. The van der Waals surface area contributed by atoms with E-state index in [1.807, 2.05) is 0 Å². The third-order valence-electron chi connectivity index (χ3n) is 5.05. The second-order valence-electron chi connectivity index (χ2n) is 6.30. The highest BCUT2D eigenvalue weighted by Gasteiger charge is 2.36. The normalized spacial score (nSPS) is 21.6. The Morgan fingerprint density at radius 2 is 1.85 bits per heavy atom. The standard InChI is InChI=1S/C16H22N4/c17-11-13-10-14(18)12-19-15(13)20-8-6-16(7-9-20)4-2-1-3-5-16/h10,12H,1-9,18H2. The molecule has 4 heteroatoms. The zero-order valence-corrected chi connectivity index (χ0v) is 11.9. The Balaban J connectivity index is 1.73. The molecule has 106 valence electrons. The van der Waals surface area contributed by atoms with E-state index < -0.39 is 0 Å². The molecule has 1 saturated carbocycles. The zero-order chi connectivity index (χ0) is 14.0. The monoisotopic (exact) mass is 270 g/mol. The van der Waals surface area contributed by atoms with Gasteiger partial charge in [-0.1, -0.05) is 19.3 Å². The van der Waals surface area contributed by atoms with Crippen molar-refractivity contribution in [3.63, 3.8) is 0 Å². The van der Waals surface area contributed by atoms with Gasteiger partial charge in [0.05, 0.1) is 17.4 Å². The first kappa shape index (κ1) is 13.2. The summed E-state index contributed by atoms with van der Waals surface area (Å²) in [5.74, 6) is 0.812. The maximum atomic E-state index is 9.24. The third-order valence-corrected chi connectivity index (χ3v) is 5.05. The zero-order valence-electron chi connectivity index (χ0n) is 11.9. The van der Waals surface area contributed by atoms with E-state index in [4.69, 9.17) is 5.73 Å². The van der Waals surface area contributed by atoms with Crippen LogP contribution < -0.4 is 10.6 Å². The topological polar surface area (TPSA) is 65.9 Å². The van der Waals surface area contributed by atoms with Crippen molar-refractivity contribution >= 4 is 11.5 Å². The van der Waals surface area contributed by atoms with Crippen LogP contribution in [0.1, 0.15) is 50.5 Å². The van der Waals surface area contributed by atoms with Crippen molar-refractivity contribution < 1.29 is 0 Å². The third kappa shape index (κ3) is 2.45. The lowest BCUT2D eigenvalue weighted by atomic mass is 9.68. The van der Waals surface area contributed by atoms with Crippen LogP contribution in [0.15, 0.2) is 12.3 Å². The number of aromatic nitrogens is 1. The molecule has 0 amide bonds. The molecule has 1 aliphatic carbocycles. The summed E-state index contributed by atoms with van der Waals surface area (Å²) in [6, 6.07) is 3.95. The fourth-order valence-corrected chi connectivity index (χ4v) is 3.80. The largest absolute Gasteiger partial charge is 0.397 e. The van der Waals surface area contributed by atoms with Gasteiger partial charge in [-0.2, -0.15) is 5.26 Å². The Kier molecular flexibility index (Phi) is 3.52. The number of anilines is 2. The predicted octanol–water partition coefficient (Wildman–Crippen LogP) is 3.09. The Labute approximate surface area is 120 Å². The molecule has 3 rings (SSSR count). The average molecular weight is 270 g/mol. The van der Waals surface area contributed by atoms with Crippen LogP contribution in [-0.2, 0) is 0 Å². The van der Waals surface area contributed by atoms with Crippen LogP contribution in [0.2, 0.25) is 0 Å². The van der Waals surface area contributed by atoms with E-state index in [1.54, 1.807) is 12.3 Å². The van der Waals surface area contributed by atoms with Gasteiger partial charge in [0.1, 0.15) is 11.9 Å². The lowest BCUT2D eigenvalue weighted by Crippen LogP contribution is -2.41. The van der Waals surface area contributed by atoms with Crippen LogP contribution in [0.3, 0.4) is 0 Å². The molecule has 1 aliphatic heterocycles. The van der Waals surface area contributed by atoms with E-state index in [1.165, 1.54) is 44.9 Å². The molecule has 2 heterocycles. The SMILES string of the molecule is N#Cc1cc(N)cnc1N1CCC2(CCCCC2)CC1. The summed E-state index contributed by atoms with van der Waals surface area (Å²) in [6.45, 7) is 2.04. The van der Waals surface area contributed by atoms with Gasteiger partial charge >= 0.3 is 0 Å². The van der Waals surface area contributed by atoms with E-state index in [9.17, 15) is 5.26 Å². The summed E-state index contributed by atoms with van der Waals surface area (Å²) in [5.41, 5.74) is 7.45. The molecule has 0 atom stereocenters. The number of nitrogen functional groups attached to an aromatic ring is 1. The predicted molar refractivity (Wildman–Crippen MR) is 80.3 cm³/mol. The van der Waals surface area contributed by atoms with Gasteiger partial charge in [0.15, 0.2) is 0 Å². The summed E-state index contributed by atoms with van der Waals surface area (Å²) in [6.07, 6.45) is 11.1. The number of hydrogen-bond donors (Lipinski definition) is 1. The highest BCUT2D eigenvalue weighted by molar-refractivity contribution is 5.59. The van der Waals surface area contributed by atoms with E-state index in [0.29, 0.717) is 16.7 Å². The summed E-state index contributed by atoms with van der Waals surface area (Å²) in [7, 11) is 0. The Morgan fingerprint density at radius 3 is 2.50 bits per heavy atom. The van der Waals surface area contributed by atoms with Gasteiger partial charge in [0.2, 0.25) is 0 Å². The van der Waals surface area contributed by atoms with Crippen molar-refractivity contribution in [1.29, 1.82) is 5.26 Å². The van der Waals surface area contributed by atoms with Crippen LogP contribution in [0.25, 0.3) is 0 Å². The Morgan fingerprint density at radius 1 is 1.15 bits per heavy atom. The molecule has 2 fully saturated rings. The molecule has 0 radical (unpaired) electrons. The highest BCUT2D eigenvalue weighted by Crippen LogP contribution is 2.45. The van der Waals surface area contributed by atoms with Crippen LogP contribution in [-0.4, -0.2) is 18.1 Å². The van der Waals surface area contributed by atoms with Gasteiger partial charge in [-0.25, -0.2) is 4.98 Å². The molecule has 0 aromatic carbocycles. The van der Waals surface area contributed by atoms with Crippen LogP contribution in [0.5, 0.6) is 0 Å².